The summed E-state index contributed by atoms with van der Waals surface area (Å²) >= 11 is 0. The predicted octanol–water partition coefficient (Wildman–Crippen LogP) is 7.28. The number of para-hydroxylation sites is 2. The number of rotatable bonds is 2. The molecule has 1 heterocycles. The van der Waals surface area contributed by atoms with Crippen molar-refractivity contribution in [2.45, 2.75) is 12.0 Å². The van der Waals surface area contributed by atoms with Gasteiger partial charge in [0.05, 0.1) is 11.4 Å². The van der Waals surface area contributed by atoms with Gasteiger partial charge in [-0.25, -0.2) is 0 Å². The number of nitrogens with zero attached hydrogens (tertiary/aromatic N) is 1. The SMILES string of the molecule is O=C1c2ccccc2C(c2ccccc2)c2cc3c(cc21)N(c1ccccc1)c1ccccc1C3O. The van der Waals surface area contributed by atoms with Crippen LogP contribution in [0.15, 0.2) is 121 Å². The molecule has 5 aromatic rings. The topological polar surface area (TPSA) is 40.5 Å². The van der Waals surface area contributed by atoms with Crippen molar-refractivity contribution >= 4 is 22.8 Å². The molecule has 5 aromatic carbocycles. The van der Waals surface area contributed by atoms with E-state index in [1.807, 2.05) is 84.9 Å². The van der Waals surface area contributed by atoms with Crippen LogP contribution in [-0.2, 0) is 0 Å². The van der Waals surface area contributed by atoms with Crippen molar-refractivity contribution in [1.82, 2.24) is 0 Å². The van der Waals surface area contributed by atoms with Crippen LogP contribution >= 0.6 is 0 Å². The van der Waals surface area contributed by atoms with Crippen molar-refractivity contribution in [3.05, 3.63) is 160 Å². The summed E-state index contributed by atoms with van der Waals surface area (Å²) in [6, 6.07) is 40.3. The van der Waals surface area contributed by atoms with Crippen molar-refractivity contribution in [3.8, 4) is 0 Å². The molecule has 3 heteroatoms. The van der Waals surface area contributed by atoms with Crippen LogP contribution in [0.5, 0.6) is 0 Å². The Kier molecular flexibility index (Phi) is 4.66. The molecule has 2 atom stereocenters. The number of fused-ring (bicyclic) bond motifs is 4. The van der Waals surface area contributed by atoms with Crippen LogP contribution in [0.2, 0.25) is 0 Å². The van der Waals surface area contributed by atoms with E-state index in [0.717, 1.165) is 50.4 Å². The largest absolute Gasteiger partial charge is 0.383 e. The Bertz CT molecular complexity index is 1620. The van der Waals surface area contributed by atoms with Crippen LogP contribution in [0.4, 0.5) is 17.1 Å². The van der Waals surface area contributed by atoms with E-state index < -0.39 is 6.10 Å². The molecule has 2 aliphatic rings. The molecule has 0 saturated heterocycles. The van der Waals surface area contributed by atoms with Gasteiger partial charge in [-0.1, -0.05) is 91.0 Å². The maximum absolute atomic E-state index is 13.9. The molecule has 0 spiro atoms. The number of aliphatic hydroxyl groups excluding tert-OH is 1. The Balaban J connectivity index is 1.52. The quantitative estimate of drug-likeness (QED) is 0.292. The van der Waals surface area contributed by atoms with Crippen molar-refractivity contribution in [3.63, 3.8) is 0 Å². The highest BCUT2D eigenvalue weighted by Gasteiger charge is 2.37. The van der Waals surface area contributed by atoms with Gasteiger partial charge in [0.25, 0.3) is 0 Å². The molecule has 0 aromatic heterocycles. The van der Waals surface area contributed by atoms with E-state index in [0.29, 0.717) is 5.56 Å². The highest BCUT2D eigenvalue weighted by atomic mass is 16.3. The third-order valence-corrected chi connectivity index (χ3v) is 7.43. The van der Waals surface area contributed by atoms with Crippen LogP contribution in [0.3, 0.4) is 0 Å². The van der Waals surface area contributed by atoms with E-state index >= 15 is 0 Å². The van der Waals surface area contributed by atoms with Gasteiger partial charge in [0.1, 0.15) is 6.10 Å². The van der Waals surface area contributed by atoms with Crippen molar-refractivity contribution in [1.29, 1.82) is 0 Å². The minimum absolute atomic E-state index is 0.0249. The number of carbonyl (C=O) groups excluding carboxylic acids is 1. The maximum atomic E-state index is 13.9. The smallest absolute Gasteiger partial charge is 0.193 e. The molecule has 36 heavy (non-hydrogen) atoms. The second-order valence-electron chi connectivity index (χ2n) is 9.39. The summed E-state index contributed by atoms with van der Waals surface area (Å²) in [6.45, 7) is 0. The zero-order valence-corrected chi connectivity index (χ0v) is 19.5. The maximum Gasteiger partial charge on any atom is 0.193 e. The molecule has 1 N–H and O–H groups in total. The zero-order valence-electron chi connectivity index (χ0n) is 19.5. The van der Waals surface area contributed by atoms with E-state index in [-0.39, 0.29) is 11.7 Å². The van der Waals surface area contributed by atoms with Crippen molar-refractivity contribution in [2.75, 3.05) is 4.90 Å². The molecular formula is C33H23NO2. The molecule has 0 fully saturated rings. The van der Waals surface area contributed by atoms with Crippen LogP contribution in [-0.4, -0.2) is 10.9 Å². The fourth-order valence-electron chi connectivity index (χ4n) is 5.82. The first-order chi connectivity index (χ1) is 17.7. The van der Waals surface area contributed by atoms with Gasteiger partial charge in [-0.05, 0) is 47.0 Å². The van der Waals surface area contributed by atoms with Crippen LogP contribution in [0, 0.1) is 0 Å². The average Bonchev–Trinajstić information content (AvgIpc) is 2.94. The van der Waals surface area contributed by atoms with Gasteiger partial charge in [-0.15, -0.1) is 0 Å². The molecule has 2 unspecified atom stereocenters. The zero-order chi connectivity index (χ0) is 24.2. The fourth-order valence-corrected chi connectivity index (χ4v) is 5.82. The van der Waals surface area contributed by atoms with Gasteiger partial charge in [0.2, 0.25) is 0 Å². The lowest BCUT2D eigenvalue weighted by molar-refractivity contribution is 0.103. The summed E-state index contributed by atoms with van der Waals surface area (Å²) in [5.74, 6) is -0.0631. The monoisotopic (exact) mass is 465 g/mol. The van der Waals surface area contributed by atoms with E-state index in [4.69, 9.17) is 0 Å². The number of aliphatic hydroxyl groups is 1. The molecule has 1 aliphatic heterocycles. The molecule has 1 aliphatic carbocycles. The summed E-state index contributed by atoms with van der Waals surface area (Å²) in [6.07, 6.45) is -0.787. The summed E-state index contributed by atoms with van der Waals surface area (Å²) in [5, 5.41) is 11.6. The first-order valence-corrected chi connectivity index (χ1v) is 12.2. The normalized spacial score (nSPS) is 17.6. The van der Waals surface area contributed by atoms with Crippen LogP contribution < -0.4 is 4.90 Å². The Morgan fingerprint density at radius 3 is 1.97 bits per heavy atom. The minimum atomic E-state index is -0.787. The van der Waals surface area contributed by atoms with Gasteiger partial charge < -0.3 is 10.0 Å². The van der Waals surface area contributed by atoms with Gasteiger partial charge in [-0.2, -0.15) is 0 Å². The van der Waals surface area contributed by atoms with Crippen molar-refractivity contribution < 1.29 is 9.90 Å². The molecule has 7 rings (SSSR count). The molecular weight excluding hydrogens is 442 g/mol. The van der Waals surface area contributed by atoms with E-state index in [2.05, 4.69) is 41.3 Å². The van der Waals surface area contributed by atoms with E-state index in [1.54, 1.807) is 0 Å². The number of benzene rings is 5. The highest BCUT2D eigenvalue weighted by Crippen LogP contribution is 2.51. The Labute approximate surface area is 209 Å². The molecule has 0 saturated carbocycles. The summed E-state index contributed by atoms with van der Waals surface area (Å²) in [5.41, 5.74) is 8.91. The van der Waals surface area contributed by atoms with Gasteiger partial charge in [-0.3, -0.25) is 4.79 Å². The standard InChI is InChI=1S/C33H23NO2/c35-32-24-16-8-7-15-23(24)31(21-11-3-1-4-12-21)26-19-28-30(20-27(26)32)34(22-13-5-2-6-14-22)29-18-10-9-17-25(29)33(28)36/h1-20,31,33,36H. The van der Waals surface area contributed by atoms with Gasteiger partial charge in [0, 0.05) is 33.9 Å². The van der Waals surface area contributed by atoms with E-state index in [1.165, 1.54) is 0 Å². The summed E-state index contributed by atoms with van der Waals surface area (Å²) < 4.78 is 0. The minimum Gasteiger partial charge on any atom is -0.383 e. The predicted molar refractivity (Wildman–Crippen MR) is 142 cm³/mol. The lowest BCUT2D eigenvalue weighted by atomic mass is 9.73. The molecule has 172 valence electrons. The Morgan fingerprint density at radius 2 is 1.19 bits per heavy atom. The lowest BCUT2D eigenvalue weighted by Crippen LogP contribution is -2.26. The van der Waals surface area contributed by atoms with Crippen molar-refractivity contribution in [2.24, 2.45) is 0 Å². The first kappa shape index (κ1) is 20.9. The number of hydrogen-bond donors (Lipinski definition) is 1. The Morgan fingerprint density at radius 1 is 0.556 bits per heavy atom. The molecule has 0 radical (unpaired) electrons. The van der Waals surface area contributed by atoms with E-state index in [9.17, 15) is 9.90 Å². The third kappa shape index (κ3) is 3.00. The number of carbonyl (C=O) groups is 1. The highest BCUT2D eigenvalue weighted by molar-refractivity contribution is 6.14. The summed E-state index contributed by atoms with van der Waals surface area (Å²) in [4.78, 5) is 16.0. The second kappa shape index (κ2) is 8.04. The molecule has 0 amide bonds. The first-order valence-electron chi connectivity index (χ1n) is 12.2. The third-order valence-electron chi connectivity index (χ3n) is 7.43. The van der Waals surface area contributed by atoms with Gasteiger partial charge in [0.15, 0.2) is 5.78 Å². The van der Waals surface area contributed by atoms with Crippen LogP contribution in [0.1, 0.15) is 55.8 Å². The summed E-state index contributed by atoms with van der Waals surface area (Å²) in [7, 11) is 0. The lowest BCUT2D eigenvalue weighted by Gasteiger charge is -2.38. The number of hydrogen-bond acceptors (Lipinski definition) is 3. The van der Waals surface area contributed by atoms with Gasteiger partial charge >= 0.3 is 0 Å². The molecule has 0 bridgehead atoms. The van der Waals surface area contributed by atoms with Crippen LogP contribution in [0.25, 0.3) is 0 Å². The second-order valence-corrected chi connectivity index (χ2v) is 9.39. The fraction of sp³-hybridized carbons (Fsp3) is 0.0606. The number of ketones is 1. The Hall–Kier alpha value is -4.47. The number of anilines is 3. The molecule has 3 nitrogen and oxygen atoms in total. The average molecular weight is 466 g/mol.